The molecule has 0 saturated carbocycles. The third kappa shape index (κ3) is 2.61. The molecule has 2 rings (SSSR count). The van der Waals surface area contributed by atoms with Gasteiger partial charge in [-0.15, -0.1) is 0 Å². The van der Waals surface area contributed by atoms with Crippen molar-refractivity contribution in [3.8, 4) is 5.75 Å². The summed E-state index contributed by atoms with van der Waals surface area (Å²) in [5.74, 6) is 0.801. The lowest BCUT2D eigenvalue weighted by molar-refractivity contribution is 0.410. The van der Waals surface area contributed by atoms with Gasteiger partial charge in [0.2, 0.25) is 0 Å². The molecule has 0 amide bonds. The highest BCUT2D eigenvalue weighted by Crippen LogP contribution is 2.29. The predicted molar refractivity (Wildman–Crippen MR) is 69.6 cm³/mol. The Balaban J connectivity index is 2.13. The molecule has 0 aliphatic rings. The highest BCUT2D eigenvalue weighted by atomic mass is 16.5. The Morgan fingerprint density at radius 1 is 1.29 bits per heavy atom. The van der Waals surface area contributed by atoms with Crippen LogP contribution in [-0.2, 0) is 6.42 Å². The minimum Gasteiger partial charge on any atom is -0.493 e. The lowest BCUT2D eigenvalue weighted by Crippen LogP contribution is -2.17. The van der Waals surface area contributed by atoms with Gasteiger partial charge in [-0.2, -0.15) is 0 Å². The Morgan fingerprint density at radius 3 is 2.94 bits per heavy atom. The lowest BCUT2D eigenvalue weighted by atomic mass is 10.1. The molecule has 1 heterocycles. The molecular formula is C14H19NO2. The highest BCUT2D eigenvalue weighted by molar-refractivity contribution is 5.86. The van der Waals surface area contributed by atoms with Crippen LogP contribution in [0.15, 0.2) is 28.9 Å². The van der Waals surface area contributed by atoms with Gasteiger partial charge in [0.25, 0.3) is 0 Å². The molecule has 0 saturated heterocycles. The van der Waals surface area contributed by atoms with Crippen molar-refractivity contribution in [2.45, 2.75) is 19.8 Å². The summed E-state index contributed by atoms with van der Waals surface area (Å²) in [4.78, 5) is 0. The zero-order valence-corrected chi connectivity index (χ0v) is 10.5. The Bertz CT molecular complexity index is 476. The minimum absolute atomic E-state index is 0.801. The summed E-state index contributed by atoms with van der Waals surface area (Å²) in [5, 5.41) is 4.55. The fourth-order valence-electron chi connectivity index (χ4n) is 1.96. The van der Waals surface area contributed by atoms with Crippen molar-refractivity contribution >= 4 is 11.0 Å². The number of methoxy groups -OCH3 is 1. The number of para-hydroxylation sites is 1. The van der Waals surface area contributed by atoms with E-state index in [9.17, 15) is 0 Å². The summed E-state index contributed by atoms with van der Waals surface area (Å²) < 4.78 is 10.8. The average Bonchev–Trinajstić information content (AvgIpc) is 2.78. The van der Waals surface area contributed by atoms with E-state index in [1.54, 1.807) is 7.11 Å². The Morgan fingerprint density at radius 2 is 2.18 bits per heavy atom. The molecule has 0 aliphatic heterocycles. The second-order valence-corrected chi connectivity index (χ2v) is 4.10. The van der Waals surface area contributed by atoms with Crippen molar-refractivity contribution in [1.29, 1.82) is 0 Å². The van der Waals surface area contributed by atoms with Crippen LogP contribution in [0.5, 0.6) is 5.75 Å². The van der Waals surface area contributed by atoms with Crippen LogP contribution in [-0.4, -0.2) is 20.2 Å². The van der Waals surface area contributed by atoms with E-state index < -0.39 is 0 Å². The van der Waals surface area contributed by atoms with Gasteiger partial charge in [0.1, 0.15) is 0 Å². The number of hydrogen-bond donors (Lipinski definition) is 1. The van der Waals surface area contributed by atoms with E-state index in [1.807, 2.05) is 18.4 Å². The van der Waals surface area contributed by atoms with Crippen LogP contribution in [0.2, 0.25) is 0 Å². The smallest absolute Gasteiger partial charge is 0.175 e. The fraction of sp³-hybridized carbons (Fsp3) is 0.429. The molecule has 17 heavy (non-hydrogen) atoms. The molecule has 0 atom stereocenters. The van der Waals surface area contributed by atoms with Crippen molar-refractivity contribution in [3.63, 3.8) is 0 Å². The van der Waals surface area contributed by atoms with Gasteiger partial charge < -0.3 is 14.5 Å². The van der Waals surface area contributed by atoms with E-state index in [0.29, 0.717) is 0 Å². The van der Waals surface area contributed by atoms with Gasteiger partial charge in [-0.3, -0.25) is 0 Å². The highest BCUT2D eigenvalue weighted by Gasteiger charge is 2.09. The zero-order chi connectivity index (χ0) is 12.1. The molecule has 0 spiro atoms. The Labute approximate surface area is 102 Å². The number of ether oxygens (including phenoxy) is 1. The lowest BCUT2D eigenvalue weighted by Gasteiger charge is -2.02. The maximum Gasteiger partial charge on any atom is 0.175 e. The second kappa shape index (κ2) is 5.73. The van der Waals surface area contributed by atoms with Gasteiger partial charge in [-0.25, -0.2) is 0 Å². The van der Waals surface area contributed by atoms with Gasteiger partial charge in [0.05, 0.1) is 13.4 Å². The molecule has 1 aromatic heterocycles. The van der Waals surface area contributed by atoms with Crippen LogP contribution in [0.3, 0.4) is 0 Å². The molecule has 3 nitrogen and oxygen atoms in total. The normalized spacial score (nSPS) is 10.9. The summed E-state index contributed by atoms with van der Waals surface area (Å²) >= 11 is 0. The molecule has 2 aromatic rings. The van der Waals surface area contributed by atoms with E-state index in [0.717, 1.165) is 36.2 Å². The van der Waals surface area contributed by atoms with Gasteiger partial charge in [0, 0.05) is 5.39 Å². The molecule has 3 heteroatoms. The van der Waals surface area contributed by atoms with Crippen LogP contribution in [0.1, 0.15) is 18.9 Å². The van der Waals surface area contributed by atoms with Gasteiger partial charge >= 0.3 is 0 Å². The zero-order valence-electron chi connectivity index (χ0n) is 10.5. The number of hydrogen-bond acceptors (Lipinski definition) is 3. The van der Waals surface area contributed by atoms with Crippen molar-refractivity contribution in [3.05, 3.63) is 30.0 Å². The largest absolute Gasteiger partial charge is 0.493 e. The van der Waals surface area contributed by atoms with Gasteiger partial charge in [-0.05, 0) is 37.6 Å². The summed E-state index contributed by atoms with van der Waals surface area (Å²) in [7, 11) is 1.67. The topological polar surface area (TPSA) is 34.4 Å². The van der Waals surface area contributed by atoms with Crippen LogP contribution < -0.4 is 10.1 Å². The first-order valence-electron chi connectivity index (χ1n) is 6.10. The molecule has 92 valence electrons. The van der Waals surface area contributed by atoms with E-state index in [1.165, 1.54) is 12.0 Å². The average molecular weight is 233 g/mol. The Kier molecular flexibility index (Phi) is 4.04. The predicted octanol–water partition coefficient (Wildman–Crippen LogP) is 2.98. The summed E-state index contributed by atoms with van der Waals surface area (Å²) in [5.41, 5.74) is 2.09. The first-order valence-corrected chi connectivity index (χ1v) is 6.10. The number of furan rings is 1. The van der Waals surface area contributed by atoms with E-state index in [2.05, 4.69) is 18.3 Å². The Hall–Kier alpha value is -1.48. The van der Waals surface area contributed by atoms with E-state index in [4.69, 9.17) is 9.15 Å². The van der Waals surface area contributed by atoms with E-state index >= 15 is 0 Å². The first kappa shape index (κ1) is 12.0. The van der Waals surface area contributed by atoms with Gasteiger partial charge in [-0.1, -0.05) is 19.1 Å². The molecule has 0 radical (unpaired) electrons. The first-order chi connectivity index (χ1) is 8.36. The number of nitrogens with one attached hydrogen (secondary N) is 1. The van der Waals surface area contributed by atoms with E-state index in [-0.39, 0.29) is 0 Å². The third-order valence-electron chi connectivity index (χ3n) is 2.86. The summed E-state index contributed by atoms with van der Waals surface area (Å²) in [6.45, 7) is 4.23. The molecular weight excluding hydrogens is 214 g/mol. The van der Waals surface area contributed by atoms with Crippen LogP contribution in [0.4, 0.5) is 0 Å². The quantitative estimate of drug-likeness (QED) is 0.779. The van der Waals surface area contributed by atoms with Crippen molar-refractivity contribution in [1.82, 2.24) is 5.32 Å². The van der Waals surface area contributed by atoms with Crippen molar-refractivity contribution in [2.24, 2.45) is 0 Å². The summed E-state index contributed by atoms with van der Waals surface area (Å²) in [6.07, 6.45) is 3.99. The van der Waals surface area contributed by atoms with Crippen LogP contribution >= 0.6 is 0 Å². The second-order valence-electron chi connectivity index (χ2n) is 4.10. The molecule has 1 aromatic carbocycles. The minimum atomic E-state index is 0.801. The maximum atomic E-state index is 5.58. The molecule has 0 bridgehead atoms. The molecule has 0 fully saturated rings. The van der Waals surface area contributed by atoms with Crippen molar-refractivity contribution in [2.75, 3.05) is 20.2 Å². The summed E-state index contributed by atoms with van der Waals surface area (Å²) in [6, 6.07) is 6.00. The number of rotatable bonds is 6. The maximum absolute atomic E-state index is 5.58. The van der Waals surface area contributed by atoms with Crippen molar-refractivity contribution < 1.29 is 9.15 Å². The monoisotopic (exact) mass is 233 g/mol. The fourth-order valence-corrected chi connectivity index (χ4v) is 1.96. The van der Waals surface area contributed by atoms with Crippen LogP contribution in [0.25, 0.3) is 11.0 Å². The SMILES string of the molecule is CCCNCCc1coc2c(OC)cccc12. The molecule has 0 aliphatic carbocycles. The van der Waals surface area contributed by atoms with Gasteiger partial charge in [0.15, 0.2) is 11.3 Å². The number of benzene rings is 1. The van der Waals surface area contributed by atoms with Crippen LogP contribution in [0, 0.1) is 0 Å². The molecule has 0 unspecified atom stereocenters. The standard InChI is InChI=1S/C14H19NO2/c1-3-8-15-9-7-11-10-17-14-12(11)5-4-6-13(14)16-2/h4-6,10,15H,3,7-9H2,1-2H3. The molecule has 1 N–H and O–H groups in total. The third-order valence-corrected chi connectivity index (χ3v) is 2.86. The number of fused-ring (bicyclic) bond motifs is 1.